The summed E-state index contributed by atoms with van der Waals surface area (Å²) in [4.78, 5) is 16.4. The average molecular weight is 237 g/mol. The van der Waals surface area contributed by atoms with Gasteiger partial charge in [-0.15, -0.1) is 0 Å². The Morgan fingerprint density at radius 3 is 2.82 bits per heavy atom. The molecule has 0 aromatic rings. The fourth-order valence-corrected chi connectivity index (χ4v) is 2.81. The van der Waals surface area contributed by atoms with Crippen LogP contribution < -0.4 is 5.73 Å². The largest absolute Gasteiger partial charge is 0.344 e. The van der Waals surface area contributed by atoms with Gasteiger partial charge in [0.15, 0.2) is 0 Å². The first-order valence-electron chi connectivity index (χ1n) is 6.47. The van der Waals surface area contributed by atoms with Crippen molar-refractivity contribution in [2.45, 2.75) is 31.3 Å². The number of likely N-dealkylation sites (tertiary alicyclic amines) is 1. The Balaban J connectivity index is 1.85. The van der Waals surface area contributed by atoms with Gasteiger partial charge in [-0.3, -0.25) is 4.79 Å². The van der Waals surface area contributed by atoms with Gasteiger partial charge in [-0.1, -0.05) is 12.2 Å². The van der Waals surface area contributed by atoms with Gasteiger partial charge in [-0.05, 0) is 32.9 Å². The van der Waals surface area contributed by atoms with E-state index in [-0.39, 0.29) is 17.9 Å². The second kappa shape index (κ2) is 5.19. The Hall–Kier alpha value is -0.870. The SMILES string of the molecule is CN(CC1CCCN1C)C(=O)C1C=CC(N)C1. The molecule has 0 saturated carbocycles. The van der Waals surface area contributed by atoms with Crippen LogP contribution in [0.25, 0.3) is 0 Å². The molecular formula is C13H23N3O. The van der Waals surface area contributed by atoms with Crippen molar-refractivity contribution in [3.8, 4) is 0 Å². The third-order valence-electron chi connectivity index (χ3n) is 3.97. The van der Waals surface area contributed by atoms with Gasteiger partial charge in [-0.2, -0.15) is 0 Å². The third-order valence-corrected chi connectivity index (χ3v) is 3.97. The number of carbonyl (C=O) groups excluding carboxylic acids is 1. The zero-order valence-electron chi connectivity index (χ0n) is 10.8. The van der Waals surface area contributed by atoms with Gasteiger partial charge >= 0.3 is 0 Å². The summed E-state index contributed by atoms with van der Waals surface area (Å²) in [5, 5.41) is 0. The number of nitrogens with zero attached hydrogens (tertiary/aromatic N) is 2. The first-order valence-corrected chi connectivity index (χ1v) is 6.47. The van der Waals surface area contributed by atoms with Crippen LogP contribution in [0.1, 0.15) is 19.3 Å². The monoisotopic (exact) mass is 237 g/mol. The van der Waals surface area contributed by atoms with Crippen molar-refractivity contribution in [2.24, 2.45) is 11.7 Å². The van der Waals surface area contributed by atoms with Crippen LogP contribution >= 0.6 is 0 Å². The Kier molecular flexibility index (Phi) is 3.84. The lowest BCUT2D eigenvalue weighted by Crippen LogP contribution is -2.41. The normalized spacial score (nSPS) is 33.2. The van der Waals surface area contributed by atoms with Gasteiger partial charge in [0.05, 0.1) is 5.92 Å². The highest BCUT2D eigenvalue weighted by atomic mass is 16.2. The summed E-state index contributed by atoms with van der Waals surface area (Å²) in [5.74, 6) is 0.219. The number of likely N-dealkylation sites (N-methyl/N-ethyl adjacent to an activating group) is 2. The maximum absolute atomic E-state index is 12.2. The summed E-state index contributed by atoms with van der Waals surface area (Å²) in [6, 6.07) is 0.592. The number of carbonyl (C=O) groups is 1. The van der Waals surface area contributed by atoms with Gasteiger partial charge in [0, 0.05) is 25.7 Å². The summed E-state index contributed by atoms with van der Waals surface area (Å²) in [6.07, 6.45) is 7.12. The summed E-state index contributed by atoms with van der Waals surface area (Å²) in [5.41, 5.74) is 5.78. The number of hydrogen-bond acceptors (Lipinski definition) is 3. The minimum absolute atomic E-state index is 0.00158. The lowest BCUT2D eigenvalue weighted by molar-refractivity contribution is -0.133. The first-order chi connectivity index (χ1) is 8.08. The van der Waals surface area contributed by atoms with Crippen LogP contribution in [0.3, 0.4) is 0 Å². The van der Waals surface area contributed by atoms with E-state index in [1.54, 1.807) is 0 Å². The van der Waals surface area contributed by atoms with Crippen molar-refractivity contribution in [1.82, 2.24) is 9.80 Å². The highest BCUT2D eigenvalue weighted by Gasteiger charge is 2.28. The third kappa shape index (κ3) is 2.87. The molecule has 3 unspecified atom stereocenters. The summed E-state index contributed by atoms with van der Waals surface area (Å²) < 4.78 is 0. The fourth-order valence-electron chi connectivity index (χ4n) is 2.81. The van der Waals surface area contributed by atoms with Gasteiger partial charge in [0.2, 0.25) is 5.91 Å². The minimum atomic E-state index is 0.00158. The van der Waals surface area contributed by atoms with Crippen molar-refractivity contribution >= 4 is 5.91 Å². The van der Waals surface area contributed by atoms with E-state index in [0.717, 1.165) is 19.5 Å². The predicted molar refractivity (Wildman–Crippen MR) is 68.5 cm³/mol. The fraction of sp³-hybridized carbons (Fsp3) is 0.769. The predicted octanol–water partition coefficient (Wildman–Crippen LogP) is 0.442. The molecule has 1 saturated heterocycles. The molecule has 96 valence electrons. The van der Waals surface area contributed by atoms with E-state index in [2.05, 4.69) is 11.9 Å². The van der Waals surface area contributed by atoms with Crippen LogP contribution in [0.15, 0.2) is 12.2 Å². The van der Waals surface area contributed by atoms with E-state index in [9.17, 15) is 4.79 Å². The Morgan fingerprint density at radius 1 is 1.53 bits per heavy atom. The molecule has 2 rings (SSSR count). The lowest BCUT2D eigenvalue weighted by Gasteiger charge is -2.27. The smallest absolute Gasteiger partial charge is 0.229 e. The first kappa shape index (κ1) is 12.6. The van der Waals surface area contributed by atoms with Crippen LogP contribution in [-0.4, -0.2) is 55.0 Å². The molecule has 0 aromatic heterocycles. The Bertz CT molecular complexity index is 316. The second-order valence-electron chi connectivity index (χ2n) is 5.39. The second-order valence-corrected chi connectivity index (χ2v) is 5.39. The molecule has 0 spiro atoms. The van der Waals surface area contributed by atoms with Crippen LogP contribution in [0.4, 0.5) is 0 Å². The molecule has 17 heavy (non-hydrogen) atoms. The maximum atomic E-state index is 12.2. The molecule has 1 amide bonds. The van der Waals surface area contributed by atoms with E-state index in [0.29, 0.717) is 6.04 Å². The highest BCUT2D eigenvalue weighted by molar-refractivity contribution is 5.81. The zero-order chi connectivity index (χ0) is 12.4. The summed E-state index contributed by atoms with van der Waals surface area (Å²) in [7, 11) is 4.05. The van der Waals surface area contributed by atoms with Crippen molar-refractivity contribution in [2.75, 3.05) is 27.2 Å². The molecule has 0 bridgehead atoms. The maximum Gasteiger partial charge on any atom is 0.229 e. The molecule has 1 fully saturated rings. The van der Waals surface area contributed by atoms with Crippen LogP contribution in [-0.2, 0) is 4.79 Å². The molecule has 3 atom stereocenters. The van der Waals surface area contributed by atoms with Crippen LogP contribution in [0, 0.1) is 5.92 Å². The van der Waals surface area contributed by atoms with Crippen molar-refractivity contribution in [3.05, 3.63) is 12.2 Å². The van der Waals surface area contributed by atoms with E-state index in [1.807, 2.05) is 24.1 Å². The van der Waals surface area contributed by atoms with Crippen LogP contribution in [0.5, 0.6) is 0 Å². The van der Waals surface area contributed by atoms with Gasteiger partial charge in [0.25, 0.3) is 0 Å². The molecule has 4 nitrogen and oxygen atoms in total. The quantitative estimate of drug-likeness (QED) is 0.725. The van der Waals surface area contributed by atoms with Crippen molar-refractivity contribution in [3.63, 3.8) is 0 Å². The molecule has 4 heteroatoms. The van der Waals surface area contributed by atoms with Crippen molar-refractivity contribution in [1.29, 1.82) is 0 Å². The molecule has 1 aliphatic carbocycles. The molecule has 0 aromatic carbocycles. The molecule has 2 N–H and O–H groups in total. The highest BCUT2D eigenvalue weighted by Crippen LogP contribution is 2.20. The molecule has 1 aliphatic heterocycles. The number of hydrogen-bond donors (Lipinski definition) is 1. The Labute approximate surface area is 103 Å². The molecule has 0 radical (unpaired) electrons. The number of amides is 1. The van der Waals surface area contributed by atoms with E-state index in [1.165, 1.54) is 12.8 Å². The van der Waals surface area contributed by atoms with Gasteiger partial charge in [-0.25, -0.2) is 0 Å². The topological polar surface area (TPSA) is 49.6 Å². The van der Waals surface area contributed by atoms with Crippen molar-refractivity contribution < 1.29 is 4.79 Å². The molecule has 2 aliphatic rings. The van der Waals surface area contributed by atoms with E-state index >= 15 is 0 Å². The molecule has 1 heterocycles. The summed E-state index contributed by atoms with van der Waals surface area (Å²) >= 11 is 0. The lowest BCUT2D eigenvalue weighted by atomic mass is 10.1. The van der Waals surface area contributed by atoms with E-state index < -0.39 is 0 Å². The van der Waals surface area contributed by atoms with Crippen LogP contribution in [0.2, 0.25) is 0 Å². The number of nitrogens with two attached hydrogens (primary N) is 1. The minimum Gasteiger partial charge on any atom is -0.344 e. The summed E-state index contributed by atoms with van der Waals surface area (Å²) in [6.45, 7) is 2.00. The molecular weight excluding hydrogens is 214 g/mol. The standard InChI is InChI=1S/C13H23N3O/c1-15-7-3-4-12(15)9-16(2)13(17)10-5-6-11(14)8-10/h5-6,10-12H,3-4,7-9,14H2,1-2H3. The Morgan fingerprint density at radius 2 is 2.29 bits per heavy atom. The van der Waals surface area contributed by atoms with Gasteiger partial charge < -0.3 is 15.5 Å². The van der Waals surface area contributed by atoms with Gasteiger partial charge in [0.1, 0.15) is 0 Å². The number of rotatable bonds is 3. The average Bonchev–Trinajstić information content (AvgIpc) is 2.88. The van der Waals surface area contributed by atoms with E-state index in [4.69, 9.17) is 5.73 Å². The zero-order valence-corrected chi connectivity index (χ0v) is 10.8.